The van der Waals surface area contributed by atoms with Crippen molar-refractivity contribution in [3.63, 3.8) is 0 Å². The zero-order valence-electron chi connectivity index (χ0n) is 13.7. The Hall–Kier alpha value is -0.0700. The third-order valence-electron chi connectivity index (χ3n) is 4.41. The van der Waals surface area contributed by atoms with E-state index < -0.39 is 0 Å². The van der Waals surface area contributed by atoms with Crippen molar-refractivity contribution in [3.8, 4) is 0 Å². The van der Waals surface area contributed by atoms with E-state index in [-0.39, 0.29) is 12.6 Å². The van der Waals surface area contributed by atoms with E-state index in [0.717, 1.165) is 0 Å². The van der Waals surface area contributed by atoms with Gasteiger partial charge in [-0.3, -0.25) is 4.39 Å². The highest BCUT2D eigenvalue weighted by molar-refractivity contribution is 4.67. The summed E-state index contributed by atoms with van der Waals surface area (Å²) < 4.78 is 12.9. The van der Waals surface area contributed by atoms with Crippen molar-refractivity contribution in [2.45, 2.75) is 97.8 Å². The minimum atomic E-state index is -0.130. The van der Waals surface area contributed by atoms with Crippen LogP contribution in [-0.4, -0.2) is 6.67 Å². The number of halogens is 1. The predicted molar refractivity (Wildman–Crippen MR) is 85.4 cm³/mol. The molecule has 1 atom stereocenters. The zero-order chi connectivity index (χ0) is 14.3. The van der Waals surface area contributed by atoms with Crippen molar-refractivity contribution in [1.29, 1.82) is 0 Å². The normalized spacial score (nSPS) is 13.1. The lowest BCUT2D eigenvalue weighted by Crippen LogP contribution is -2.14. The van der Waals surface area contributed by atoms with Crippen LogP contribution in [0.2, 0.25) is 0 Å². The van der Waals surface area contributed by atoms with Crippen LogP contribution >= 0.6 is 0 Å². The van der Waals surface area contributed by atoms with Gasteiger partial charge in [0.05, 0.1) is 6.67 Å². The summed E-state index contributed by atoms with van der Waals surface area (Å²) in [5.74, 6) is 0.908. The molecule has 0 bridgehead atoms. The molecule has 0 aliphatic carbocycles. The predicted octanol–water partition coefficient (Wildman–Crippen LogP) is 6.93. The summed E-state index contributed by atoms with van der Waals surface area (Å²) in [5.41, 5.74) is 0. The zero-order valence-corrected chi connectivity index (χ0v) is 13.7. The molecule has 116 valence electrons. The first kappa shape index (κ1) is 18.9. The highest BCUT2D eigenvalue weighted by atomic mass is 19.1. The van der Waals surface area contributed by atoms with Crippen molar-refractivity contribution in [2.75, 3.05) is 6.67 Å². The van der Waals surface area contributed by atoms with Gasteiger partial charge in [-0.15, -0.1) is 0 Å². The molecule has 0 heterocycles. The smallest absolute Gasteiger partial charge is 0.0922 e. The van der Waals surface area contributed by atoms with E-state index >= 15 is 0 Å². The number of hydrogen-bond donors (Lipinski definition) is 0. The average Bonchev–Trinajstić information content (AvgIpc) is 2.43. The monoisotopic (exact) mass is 272 g/mol. The second-order valence-electron chi connectivity index (χ2n) is 6.30. The number of hydrogen-bond acceptors (Lipinski definition) is 0. The molecule has 19 heavy (non-hydrogen) atoms. The van der Waals surface area contributed by atoms with Gasteiger partial charge in [-0.2, -0.15) is 0 Å². The highest BCUT2D eigenvalue weighted by Crippen LogP contribution is 2.26. The van der Waals surface area contributed by atoms with Gasteiger partial charge >= 0.3 is 0 Å². The van der Waals surface area contributed by atoms with Gasteiger partial charge in [-0.05, 0) is 11.8 Å². The first-order chi connectivity index (χ1) is 9.26. The number of unbranched alkanes of at least 4 members (excludes halogenated alkanes) is 8. The minimum Gasteiger partial charge on any atom is -0.251 e. The molecule has 0 rings (SSSR count). The number of alkyl halides is 1. The van der Waals surface area contributed by atoms with E-state index in [4.69, 9.17) is 0 Å². The molecule has 0 aliphatic heterocycles. The Morgan fingerprint density at radius 3 is 1.47 bits per heavy atom. The van der Waals surface area contributed by atoms with Crippen LogP contribution in [0.3, 0.4) is 0 Å². The summed E-state index contributed by atoms with van der Waals surface area (Å²) in [5, 5.41) is 0. The molecule has 0 aliphatic rings. The molecular formula is C18H37F. The van der Waals surface area contributed by atoms with E-state index in [0.29, 0.717) is 5.92 Å². The molecule has 0 saturated heterocycles. The van der Waals surface area contributed by atoms with Gasteiger partial charge in [0.1, 0.15) is 0 Å². The summed E-state index contributed by atoms with van der Waals surface area (Å²) >= 11 is 0. The molecule has 0 aromatic carbocycles. The van der Waals surface area contributed by atoms with E-state index in [2.05, 4.69) is 20.8 Å². The fourth-order valence-electron chi connectivity index (χ4n) is 2.86. The molecule has 0 fully saturated rings. The summed E-state index contributed by atoms with van der Waals surface area (Å²) in [6, 6.07) is 0. The first-order valence-corrected chi connectivity index (χ1v) is 8.82. The highest BCUT2D eigenvalue weighted by Gasteiger charge is 2.16. The Bertz CT molecular complexity index is 153. The Morgan fingerprint density at radius 1 is 0.684 bits per heavy atom. The molecule has 0 N–H and O–H groups in total. The standard InChI is InChI=1S/C18H37F/c1-4-6-8-10-12-14-18(17(3)16-19)15-13-11-9-7-5-2/h17-18H,4-16H2,1-3H3/t17-/m1/s1. The van der Waals surface area contributed by atoms with Crippen LogP contribution in [0.5, 0.6) is 0 Å². The van der Waals surface area contributed by atoms with Gasteiger partial charge in [0.15, 0.2) is 0 Å². The van der Waals surface area contributed by atoms with Crippen LogP contribution in [-0.2, 0) is 0 Å². The maximum Gasteiger partial charge on any atom is 0.0922 e. The maximum absolute atomic E-state index is 12.9. The first-order valence-electron chi connectivity index (χ1n) is 8.82. The average molecular weight is 272 g/mol. The van der Waals surface area contributed by atoms with Gasteiger partial charge in [-0.1, -0.05) is 97.8 Å². The summed E-state index contributed by atoms with van der Waals surface area (Å²) in [6.45, 7) is 6.48. The van der Waals surface area contributed by atoms with E-state index in [1.807, 2.05) is 0 Å². The second-order valence-corrected chi connectivity index (χ2v) is 6.30. The van der Waals surface area contributed by atoms with E-state index in [1.54, 1.807) is 0 Å². The van der Waals surface area contributed by atoms with Gasteiger partial charge in [0.25, 0.3) is 0 Å². The summed E-state index contributed by atoms with van der Waals surface area (Å²) in [7, 11) is 0. The summed E-state index contributed by atoms with van der Waals surface area (Å²) in [4.78, 5) is 0. The molecule has 0 unspecified atom stereocenters. The molecule has 0 amide bonds. The Morgan fingerprint density at radius 2 is 1.11 bits per heavy atom. The second kappa shape index (κ2) is 14.3. The minimum absolute atomic E-state index is 0.130. The van der Waals surface area contributed by atoms with Crippen LogP contribution in [0.1, 0.15) is 97.8 Å². The Balaban J connectivity index is 3.70. The van der Waals surface area contributed by atoms with Crippen LogP contribution in [0, 0.1) is 11.8 Å². The maximum atomic E-state index is 12.9. The molecule has 1 heteroatoms. The molecule has 0 radical (unpaired) electrons. The van der Waals surface area contributed by atoms with Gasteiger partial charge in [0, 0.05) is 0 Å². The molecule has 0 aromatic heterocycles. The summed E-state index contributed by atoms with van der Waals surface area (Å²) in [6.07, 6.45) is 15.9. The molecule has 0 nitrogen and oxygen atoms in total. The Labute approximate surface area is 121 Å². The molecular weight excluding hydrogens is 235 g/mol. The Kier molecular flexibility index (Phi) is 14.3. The van der Waals surface area contributed by atoms with Crippen molar-refractivity contribution in [2.24, 2.45) is 11.8 Å². The number of rotatable bonds is 14. The topological polar surface area (TPSA) is 0 Å². The third kappa shape index (κ3) is 11.5. The van der Waals surface area contributed by atoms with E-state index in [1.165, 1.54) is 77.0 Å². The van der Waals surface area contributed by atoms with Gasteiger partial charge in [0.2, 0.25) is 0 Å². The lowest BCUT2D eigenvalue weighted by molar-refractivity contribution is 0.242. The quantitative estimate of drug-likeness (QED) is 0.301. The largest absolute Gasteiger partial charge is 0.251 e. The van der Waals surface area contributed by atoms with Crippen molar-refractivity contribution in [1.82, 2.24) is 0 Å². The lowest BCUT2D eigenvalue weighted by atomic mass is 9.85. The van der Waals surface area contributed by atoms with Crippen LogP contribution < -0.4 is 0 Å². The van der Waals surface area contributed by atoms with Crippen LogP contribution in [0.4, 0.5) is 4.39 Å². The van der Waals surface area contributed by atoms with Crippen LogP contribution in [0.15, 0.2) is 0 Å². The SMILES string of the molecule is CCCCCCCC(CCCCCCC)[C@H](C)CF. The van der Waals surface area contributed by atoms with Crippen molar-refractivity contribution >= 4 is 0 Å². The van der Waals surface area contributed by atoms with Crippen molar-refractivity contribution in [3.05, 3.63) is 0 Å². The molecule has 0 aromatic rings. The fourth-order valence-corrected chi connectivity index (χ4v) is 2.86. The lowest BCUT2D eigenvalue weighted by Gasteiger charge is -2.21. The fraction of sp³-hybridized carbons (Fsp3) is 1.00. The third-order valence-corrected chi connectivity index (χ3v) is 4.41. The molecule has 0 saturated carbocycles. The van der Waals surface area contributed by atoms with Crippen LogP contribution in [0.25, 0.3) is 0 Å². The van der Waals surface area contributed by atoms with Crippen molar-refractivity contribution < 1.29 is 4.39 Å². The van der Waals surface area contributed by atoms with Gasteiger partial charge in [-0.25, -0.2) is 0 Å². The van der Waals surface area contributed by atoms with E-state index in [9.17, 15) is 4.39 Å². The van der Waals surface area contributed by atoms with Gasteiger partial charge < -0.3 is 0 Å². The molecule has 0 spiro atoms.